The van der Waals surface area contributed by atoms with E-state index in [1.165, 1.54) is 0 Å². The SMILES string of the molecule is Cc1ccc(CC(=O)C(C)(C)N)c(Cl)c1. The zero-order valence-corrected chi connectivity index (χ0v) is 10.1. The third-order valence-electron chi connectivity index (χ3n) is 2.28. The number of hydrogen-bond acceptors (Lipinski definition) is 2. The highest BCUT2D eigenvalue weighted by molar-refractivity contribution is 6.31. The summed E-state index contributed by atoms with van der Waals surface area (Å²) in [6.07, 6.45) is 0.294. The summed E-state index contributed by atoms with van der Waals surface area (Å²) in [4.78, 5) is 11.7. The summed E-state index contributed by atoms with van der Waals surface area (Å²) in [5.74, 6) is -0.00625. The minimum atomic E-state index is -0.797. The van der Waals surface area contributed by atoms with Crippen molar-refractivity contribution in [2.75, 3.05) is 0 Å². The standard InChI is InChI=1S/C12H16ClNO/c1-8-4-5-9(10(13)6-8)7-11(15)12(2,3)14/h4-6H,7,14H2,1-3H3. The quantitative estimate of drug-likeness (QED) is 0.859. The molecule has 0 aliphatic rings. The van der Waals surface area contributed by atoms with Crippen molar-refractivity contribution in [1.29, 1.82) is 0 Å². The number of benzene rings is 1. The second kappa shape index (κ2) is 4.33. The molecule has 0 saturated carbocycles. The van der Waals surface area contributed by atoms with Gasteiger partial charge in [-0.15, -0.1) is 0 Å². The average Bonchev–Trinajstić information content (AvgIpc) is 2.08. The molecule has 0 spiro atoms. The van der Waals surface area contributed by atoms with Crippen molar-refractivity contribution in [2.24, 2.45) is 5.73 Å². The van der Waals surface area contributed by atoms with Crippen molar-refractivity contribution < 1.29 is 4.79 Å². The van der Waals surface area contributed by atoms with E-state index >= 15 is 0 Å². The van der Waals surface area contributed by atoms with E-state index in [2.05, 4.69) is 0 Å². The Morgan fingerprint density at radius 1 is 1.47 bits per heavy atom. The molecule has 0 saturated heterocycles. The van der Waals surface area contributed by atoms with Crippen LogP contribution in [0, 0.1) is 6.92 Å². The lowest BCUT2D eigenvalue weighted by Crippen LogP contribution is -2.42. The first-order chi connectivity index (χ1) is 6.80. The summed E-state index contributed by atoms with van der Waals surface area (Å²) in [6, 6.07) is 5.67. The highest BCUT2D eigenvalue weighted by atomic mass is 35.5. The van der Waals surface area contributed by atoms with Crippen LogP contribution in [0.1, 0.15) is 25.0 Å². The van der Waals surface area contributed by atoms with Gasteiger partial charge >= 0.3 is 0 Å². The summed E-state index contributed by atoms with van der Waals surface area (Å²) < 4.78 is 0. The van der Waals surface area contributed by atoms with Gasteiger partial charge in [-0.3, -0.25) is 4.79 Å². The number of aryl methyl sites for hydroxylation is 1. The highest BCUT2D eigenvalue weighted by Crippen LogP contribution is 2.19. The minimum absolute atomic E-state index is 0.00625. The van der Waals surface area contributed by atoms with Crippen molar-refractivity contribution in [3.05, 3.63) is 34.3 Å². The Bertz CT molecular complexity index is 380. The number of nitrogens with two attached hydrogens (primary N) is 1. The van der Waals surface area contributed by atoms with E-state index in [1.807, 2.05) is 25.1 Å². The number of ketones is 1. The number of rotatable bonds is 3. The Balaban J connectivity index is 2.87. The number of carbonyl (C=O) groups is 1. The second-order valence-electron chi connectivity index (χ2n) is 4.42. The maximum atomic E-state index is 11.7. The van der Waals surface area contributed by atoms with Crippen LogP contribution in [-0.4, -0.2) is 11.3 Å². The molecule has 1 aromatic rings. The van der Waals surface area contributed by atoms with Crippen LogP contribution in [0.25, 0.3) is 0 Å². The summed E-state index contributed by atoms with van der Waals surface area (Å²) in [6.45, 7) is 5.37. The van der Waals surface area contributed by atoms with Crippen LogP contribution < -0.4 is 5.73 Å². The van der Waals surface area contributed by atoms with Gasteiger partial charge in [-0.1, -0.05) is 23.7 Å². The van der Waals surface area contributed by atoms with Crippen LogP contribution >= 0.6 is 11.6 Å². The molecule has 3 heteroatoms. The van der Waals surface area contributed by atoms with E-state index in [0.717, 1.165) is 11.1 Å². The van der Waals surface area contributed by atoms with Gasteiger partial charge in [0.2, 0.25) is 0 Å². The van der Waals surface area contributed by atoms with E-state index in [1.54, 1.807) is 13.8 Å². The van der Waals surface area contributed by atoms with Gasteiger partial charge in [0.25, 0.3) is 0 Å². The van der Waals surface area contributed by atoms with Crippen molar-refractivity contribution in [1.82, 2.24) is 0 Å². The van der Waals surface area contributed by atoms with Crippen LogP contribution in [0.2, 0.25) is 5.02 Å². The second-order valence-corrected chi connectivity index (χ2v) is 4.82. The molecular weight excluding hydrogens is 210 g/mol. The lowest BCUT2D eigenvalue weighted by atomic mass is 9.94. The maximum absolute atomic E-state index is 11.7. The topological polar surface area (TPSA) is 43.1 Å². The molecule has 2 N–H and O–H groups in total. The van der Waals surface area contributed by atoms with Crippen LogP contribution in [0.15, 0.2) is 18.2 Å². The van der Waals surface area contributed by atoms with Crippen LogP contribution in [0.5, 0.6) is 0 Å². The Morgan fingerprint density at radius 3 is 2.53 bits per heavy atom. The van der Waals surface area contributed by atoms with Gasteiger partial charge in [-0.05, 0) is 38.0 Å². The van der Waals surface area contributed by atoms with Gasteiger partial charge in [0, 0.05) is 11.4 Å². The van der Waals surface area contributed by atoms with Gasteiger partial charge in [0.1, 0.15) is 0 Å². The first-order valence-electron chi connectivity index (χ1n) is 4.88. The fourth-order valence-corrected chi connectivity index (χ4v) is 1.50. The highest BCUT2D eigenvalue weighted by Gasteiger charge is 2.22. The van der Waals surface area contributed by atoms with Crippen LogP contribution in [-0.2, 0) is 11.2 Å². The Hall–Kier alpha value is -0.860. The van der Waals surface area contributed by atoms with Crippen molar-refractivity contribution in [2.45, 2.75) is 32.7 Å². The van der Waals surface area contributed by atoms with E-state index < -0.39 is 5.54 Å². The summed E-state index contributed by atoms with van der Waals surface area (Å²) in [5.41, 5.74) is 6.84. The number of carbonyl (C=O) groups excluding carboxylic acids is 1. The molecule has 0 atom stereocenters. The van der Waals surface area contributed by atoms with Crippen molar-refractivity contribution in [3.63, 3.8) is 0 Å². The fourth-order valence-electron chi connectivity index (χ4n) is 1.20. The first-order valence-corrected chi connectivity index (χ1v) is 5.25. The lowest BCUT2D eigenvalue weighted by molar-refractivity contribution is -0.122. The predicted molar refractivity (Wildman–Crippen MR) is 63.2 cm³/mol. The molecule has 0 aliphatic heterocycles. The molecule has 0 bridgehead atoms. The molecule has 1 rings (SSSR count). The molecule has 0 unspecified atom stereocenters. The molecule has 0 fully saturated rings. The fraction of sp³-hybridized carbons (Fsp3) is 0.417. The monoisotopic (exact) mass is 225 g/mol. The average molecular weight is 226 g/mol. The van der Waals surface area contributed by atoms with E-state index in [0.29, 0.717) is 11.4 Å². The molecule has 1 aromatic carbocycles. The molecule has 0 radical (unpaired) electrons. The van der Waals surface area contributed by atoms with Gasteiger partial charge in [-0.2, -0.15) is 0 Å². The largest absolute Gasteiger partial charge is 0.319 e. The molecular formula is C12H16ClNO. The Morgan fingerprint density at radius 2 is 2.07 bits per heavy atom. The summed E-state index contributed by atoms with van der Waals surface area (Å²) in [5, 5.41) is 0.632. The molecule has 0 aromatic heterocycles. The van der Waals surface area contributed by atoms with Crippen LogP contribution in [0.3, 0.4) is 0 Å². The zero-order valence-electron chi connectivity index (χ0n) is 9.30. The predicted octanol–water partition coefficient (Wildman–Crippen LogP) is 2.50. The van der Waals surface area contributed by atoms with E-state index in [4.69, 9.17) is 17.3 Å². The summed E-state index contributed by atoms with van der Waals surface area (Å²) in [7, 11) is 0. The maximum Gasteiger partial charge on any atom is 0.156 e. The molecule has 0 aliphatic carbocycles. The molecule has 0 heterocycles. The molecule has 15 heavy (non-hydrogen) atoms. The molecule has 2 nitrogen and oxygen atoms in total. The van der Waals surface area contributed by atoms with Crippen molar-refractivity contribution >= 4 is 17.4 Å². The molecule has 0 amide bonds. The van der Waals surface area contributed by atoms with Gasteiger partial charge in [-0.25, -0.2) is 0 Å². The van der Waals surface area contributed by atoms with Crippen LogP contribution in [0.4, 0.5) is 0 Å². The third-order valence-corrected chi connectivity index (χ3v) is 2.63. The normalized spacial score (nSPS) is 11.5. The van der Waals surface area contributed by atoms with E-state index in [-0.39, 0.29) is 5.78 Å². The smallest absolute Gasteiger partial charge is 0.156 e. The zero-order chi connectivity index (χ0) is 11.6. The van der Waals surface area contributed by atoms with E-state index in [9.17, 15) is 4.79 Å². The first kappa shape index (κ1) is 12.2. The van der Waals surface area contributed by atoms with Gasteiger partial charge in [0.15, 0.2) is 5.78 Å². The Labute approximate surface area is 95.4 Å². The van der Waals surface area contributed by atoms with Crippen molar-refractivity contribution in [3.8, 4) is 0 Å². The number of Topliss-reactive ketones (excluding diaryl/α,β-unsaturated/α-hetero) is 1. The summed E-state index contributed by atoms with van der Waals surface area (Å²) >= 11 is 6.03. The lowest BCUT2D eigenvalue weighted by Gasteiger charge is -2.17. The Kier molecular flexibility index (Phi) is 3.53. The van der Waals surface area contributed by atoms with Gasteiger partial charge < -0.3 is 5.73 Å². The number of halogens is 1. The van der Waals surface area contributed by atoms with Gasteiger partial charge in [0.05, 0.1) is 5.54 Å². The molecule has 82 valence electrons. The minimum Gasteiger partial charge on any atom is -0.319 e. The third kappa shape index (κ3) is 3.33. The number of hydrogen-bond donors (Lipinski definition) is 1.